The van der Waals surface area contributed by atoms with Gasteiger partial charge in [0.1, 0.15) is 0 Å². The zero-order valence-corrected chi connectivity index (χ0v) is 12.6. The molecule has 1 aromatic carbocycles. The van der Waals surface area contributed by atoms with Gasteiger partial charge in [0.25, 0.3) is 11.5 Å². The number of esters is 1. The summed E-state index contributed by atoms with van der Waals surface area (Å²) in [6.45, 7) is 0.214. The molecule has 0 bridgehead atoms. The molecule has 2 aromatic rings. The predicted octanol–water partition coefficient (Wildman–Crippen LogP) is 0.526. The van der Waals surface area contributed by atoms with Gasteiger partial charge in [-0.2, -0.15) is 5.10 Å². The number of fused-ring (bicyclic) bond motifs is 1. The minimum atomic E-state index is -0.735. The quantitative estimate of drug-likeness (QED) is 0.772. The topological polar surface area (TPSA) is 81.5 Å². The number of carbonyl (C=O) groups excluding carboxylic acids is 2. The maximum absolute atomic E-state index is 12.2. The van der Waals surface area contributed by atoms with Crippen LogP contribution in [0.3, 0.4) is 0 Å². The van der Waals surface area contributed by atoms with E-state index in [2.05, 4.69) is 5.10 Å². The number of benzene rings is 1. The van der Waals surface area contributed by atoms with Gasteiger partial charge in [0.2, 0.25) is 0 Å². The van der Waals surface area contributed by atoms with E-state index >= 15 is 0 Å². The van der Waals surface area contributed by atoms with Crippen LogP contribution in [0.25, 0.3) is 0 Å². The van der Waals surface area contributed by atoms with E-state index < -0.39 is 5.97 Å². The van der Waals surface area contributed by atoms with E-state index in [4.69, 9.17) is 4.74 Å². The van der Waals surface area contributed by atoms with Crippen LogP contribution < -0.4 is 10.5 Å². The third kappa shape index (κ3) is 2.98. The van der Waals surface area contributed by atoms with Crippen LogP contribution in [0.1, 0.15) is 16.1 Å². The molecule has 0 atom stereocenters. The Bertz CT molecular complexity index is 828. The maximum atomic E-state index is 12.2. The van der Waals surface area contributed by atoms with Crippen molar-refractivity contribution in [3.8, 4) is 0 Å². The average Bonchev–Trinajstić information content (AvgIpc) is 2.99. The molecular weight excluding hydrogens is 298 g/mol. The number of hydrogen-bond donors (Lipinski definition) is 0. The Hall–Kier alpha value is -2.96. The van der Waals surface area contributed by atoms with Crippen LogP contribution in [0.4, 0.5) is 5.69 Å². The van der Waals surface area contributed by atoms with Gasteiger partial charge in [0.15, 0.2) is 12.3 Å². The molecule has 0 radical (unpaired) electrons. The highest BCUT2D eigenvalue weighted by atomic mass is 16.5. The minimum Gasteiger partial charge on any atom is -0.451 e. The second-order valence-electron chi connectivity index (χ2n) is 5.18. The Morgan fingerprint density at radius 2 is 2.00 bits per heavy atom. The molecule has 3 rings (SSSR count). The SMILES string of the molecule is Cn1nc(C(=O)OCC(=O)N2CCc3ccccc32)ccc1=O. The summed E-state index contributed by atoms with van der Waals surface area (Å²) in [6.07, 6.45) is 0.790. The van der Waals surface area contributed by atoms with Crippen molar-refractivity contribution in [1.29, 1.82) is 0 Å². The zero-order valence-electron chi connectivity index (χ0n) is 12.6. The van der Waals surface area contributed by atoms with Crippen LogP contribution in [0.2, 0.25) is 0 Å². The summed E-state index contributed by atoms with van der Waals surface area (Å²) in [5.41, 5.74) is 1.62. The van der Waals surface area contributed by atoms with Gasteiger partial charge in [0, 0.05) is 25.3 Å². The van der Waals surface area contributed by atoms with Crippen molar-refractivity contribution in [2.24, 2.45) is 7.05 Å². The van der Waals surface area contributed by atoms with Gasteiger partial charge in [-0.1, -0.05) is 18.2 Å². The number of anilines is 1. The highest BCUT2D eigenvalue weighted by molar-refractivity contribution is 5.98. The first-order valence-electron chi connectivity index (χ1n) is 7.16. The summed E-state index contributed by atoms with van der Waals surface area (Å²) in [5, 5.41) is 3.79. The summed E-state index contributed by atoms with van der Waals surface area (Å²) < 4.78 is 6.04. The molecule has 118 valence electrons. The van der Waals surface area contributed by atoms with Gasteiger partial charge >= 0.3 is 5.97 Å². The molecule has 0 saturated carbocycles. The zero-order chi connectivity index (χ0) is 16.4. The van der Waals surface area contributed by atoms with Crippen molar-refractivity contribution in [3.63, 3.8) is 0 Å². The summed E-state index contributed by atoms with van der Waals surface area (Å²) in [6, 6.07) is 10.1. The molecule has 0 aliphatic carbocycles. The molecule has 0 saturated heterocycles. The van der Waals surface area contributed by atoms with Crippen LogP contribution >= 0.6 is 0 Å². The van der Waals surface area contributed by atoms with Crippen LogP contribution in [-0.4, -0.2) is 34.8 Å². The standard InChI is InChI=1S/C16H15N3O4/c1-18-14(20)7-6-12(17-18)16(22)23-10-15(21)19-9-8-11-4-2-3-5-13(11)19/h2-7H,8-10H2,1H3. The third-order valence-corrected chi connectivity index (χ3v) is 3.68. The number of hydrogen-bond acceptors (Lipinski definition) is 5. The monoisotopic (exact) mass is 313 g/mol. The molecule has 7 heteroatoms. The van der Waals surface area contributed by atoms with Gasteiger partial charge in [-0.05, 0) is 24.1 Å². The molecule has 1 aliphatic heterocycles. The number of ether oxygens (including phenoxy) is 1. The number of nitrogens with zero attached hydrogens (tertiary/aromatic N) is 3. The second kappa shape index (κ2) is 6.04. The molecule has 1 aliphatic rings. The van der Waals surface area contributed by atoms with Crippen LogP contribution in [-0.2, 0) is 23.0 Å². The first-order valence-corrected chi connectivity index (χ1v) is 7.16. The van der Waals surface area contributed by atoms with E-state index in [0.29, 0.717) is 6.54 Å². The lowest BCUT2D eigenvalue weighted by atomic mass is 10.2. The highest BCUT2D eigenvalue weighted by Crippen LogP contribution is 2.27. The summed E-state index contributed by atoms with van der Waals surface area (Å²) >= 11 is 0. The van der Waals surface area contributed by atoms with Crippen molar-refractivity contribution < 1.29 is 14.3 Å². The number of para-hydroxylation sites is 1. The van der Waals surface area contributed by atoms with Crippen molar-refractivity contribution in [3.05, 3.63) is 58.0 Å². The lowest BCUT2D eigenvalue weighted by Gasteiger charge is -2.17. The van der Waals surface area contributed by atoms with Crippen LogP contribution in [0.5, 0.6) is 0 Å². The number of aryl methyl sites for hydroxylation is 1. The molecule has 0 fully saturated rings. The van der Waals surface area contributed by atoms with E-state index in [1.54, 1.807) is 4.90 Å². The van der Waals surface area contributed by atoms with Crippen molar-refractivity contribution >= 4 is 17.6 Å². The maximum Gasteiger partial charge on any atom is 0.359 e. The number of aromatic nitrogens is 2. The third-order valence-electron chi connectivity index (χ3n) is 3.68. The van der Waals surface area contributed by atoms with Crippen LogP contribution in [0, 0.1) is 0 Å². The Morgan fingerprint density at radius 1 is 1.22 bits per heavy atom. The lowest BCUT2D eigenvalue weighted by molar-refractivity contribution is -0.121. The van der Waals surface area contributed by atoms with Gasteiger partial charge in [-0.25, -0.2) is 9.48 Å². The Kier molecular flexibility index (Phi) is 3.92. The molecule has 0 N–H and O–H groups in total. The normalized spacial score (nSPS) is 12.8. The second-order valence-corrected chi connectivity index (χ2v) is 5.18. The van der Waals surface area contributed by atoms with Crippen molar-refractivity contribution in [2.75, 3.05) is 18.1 Å². The molecule has 2 heterocycles. The van der Waals surface area contributed by atoms with E-state index in [1.807, 2.05) is 24.3 Å². The number of rotatable bonds is 3. The van der Waals surface area contributed by atoms with Crippen molar-refractivity contribution in [1.82, 2.24) is 9.78 Å². The fraction of sp³-hybridized carbons (Fsp3) is 0.250. The Morgan fingerprint density at radius 3 is 2.78 bits per heavy atom. The van der Waals surface area contributed by atoms with E-state index in [0.717, 1.165) is 22.4 Å². The highest BCUT2D eigenvalue weighted by Gasteiger charge is 2.25. The van der Waals surface area contributed by atoms with Gasteiger partial charge in [-0.3, -0.25) is 9.59 Å². The first kappa shape index (κ1) is 15.0. The predicted molar refractivity (Wildman–Crippen MR) is 82.3 cm³/mol. The fourth-order valence-corrected chi connectivity index (χ4v) is 2.49. The smallest absolute Gasteiger partial charge is 0.359 e. The van der Waals surface area contributed by atoms with Gasteiger partial charge in [0.05, 0.1) is 0 Å². The minimum absolute atomic E-state index is 0.0123. The van der Waals surface area contributed by atoms with Crippen LogP contribution in [0.15, 0.2) is 41.2 Å². The van der Waals surface area contributed by atoms with Gasteiger partial charge in [-0.15, -0.1) is 0 Å². The number of amides is 1. The summed E-state index contributed by atoms with van der Waals surface area (Å²) in [7, 11) is 1.44. The molecular formula is C16H15N3O4. The van der Waals surface area contributed by atoms with Gasteiger partial charge < -0.3 is 9.64 Å². The summed E-state index contributed by atoms with van der Waals surface area (Å²) in [5.74, 6) is -1.02. The Balaban J connectivity index is 1.64. The summed E-state index contributed by atoms with van der Waals surface area (Å²) in [4.78, 5) is 37.0. The largest absolute Gasteiger partial charge is 0.451 e. The first-order chi connectivity index (χ1) is 11.1. The molecule has 1 aromatic heterocycles. The van der Waals surface area contributed by atoms with Crippen molar-refractivity contribution in [2.45, 2.75) is 6.42 Å². The molecule has 7 nitrogen and oxygen atoms in total. The fourth-order valence-electron chi connectivity index (χ4n) is 2.49. The molecule has 0 spiro atoms. The van der Waals surface area contributed by atoms with E-state index in [1.165, 1.54) is 19.2 Å². The molecule has 23 heavy (non-hydrogen) atoms. The average molecular weight is 313 g/mol. The molecule has 1 amide bonds. The molecule has 0 unspecified atom stereocenters. The Labute approximate surface area is 132 Å². The van der Waals surface area contributed by atoms with E-state index in [-0.39, 0.29) is 23.8 Å². The van der Waals surface area contributed by atoms with E-state index in [9.17, 15) is 14.4 Å². The number of carbonyl (C=O) groups is 2. The lowest BCUT2D eigenvalue weighted by Crippen LogP contribution is -2.33.